The van der Waals surface area contributed by atoms with Gasteiger partial charge in [0, 0.05) is 7.05 Å². The highest BCUT2D eigenvalue weighted by Gasteiger charge is 2.48. The van der Waals surface area contributed by atoms with Gasteiger partial charge in [0.25, 0.3) is 5.91 Å². The highest BCUT2D eigenvalue weighted by molar-refractivity contribution is 6.07. The number of fused-ring (bicyclic) bond motifs is 1. The zero-order valence-corrected chi connectivity index (χ0v) is 12.8. The van der Waals surface area contributed by atoms with Crippen molar-refractivity contribution in [3.05, 3.63) is 0 Å². The van der Waals surface area contributed by atoms with Crippen LogP contribution in [0.15, 0.2) is 0 Å². The first-order valence-corrected chi connectivity index (χ1v) is 7.46. The molecule has 2 N–H and O–H groups in total. The minimum absolute atomic E-state index is 0.333. The Balaban J connectivity index is 1.83. The first-order valence-electron chi connectivity index (χ1n) is 7.46. The average molecular weight is 325 g/mol. The van der Waals surface area contributed by atoms with Gasteiger partial charge in [-0.15, -0.1) is 0 Å². The van der Waals surface area contributed by atoms with Gasteiger partial charge in [0.1, 0.15) is 6.54 Å². The molecule has 9 nitrogen and oxygen atoms in total. The van der Waals surface area contributed by atoms with E-state index < -0.39 is 31.1 Å². The van der Waals surface area contributed by atoms with Gasteiger partial charge in [0.15, 0.2) is 6.61 Å². The molecule has 5 amide bonds. The maximum atomic E-state index is 12.2. The fourth-order valence-corrected chi connectivity index (χ4v) is 2.93. The van der Waals surface area contributed by atoms with E-state index in [0.29, 0.717) is 12.8 Å². The summed E-state index contributed by atoms with van der Waals surface area (Å²) in [7, 11) is 1.33. The van der Waals surface area contributed by atoms with Crippen molar-refractivity contribution in [2.75, 3.05) is 20.2 Å². The lowest BCUT2D eigenvalue weighted by Gasteiger charge is -2.19. The third-order valence-electron chi connectivity index (χ3n) is 4.06. The number of likely N-dealkylation sites (tertiary alicyclic amines) is 1. The Hall–Kier alpha value is -2.45. The van der Waals surface area contributed by atoms with Crippen LogP contribution in [0.5, 0.6) is 0 Å². The number of nitrogens with one attached hydrogen (secondary N) is 2. The lowest BCUT2D eigenvalue weighted by Crippen LogP contribution is -2.41. The molecule has 1 saturated heterocycles. The predicted molar refractivity (Wildman–Crippen MR) is 75.7 cm³/mol. The first kappa shape index (κ1) is 16.9. The molecular formula is C14H19N3O6. The molecule has 2 aliphatic rings. The van der Waals surface area contributed by atoms with E-state index in [1.54, 1.807) is 0 Å². The maximum Gasteiger partial charge on any atom is 0.326 e. The Kier molecular flexibility index (Phi) is 5.30. The van der Waals surface area contributed by atoms with Crippen LogP contribution >= 0.6 is 0 Å². The highest BCUT2D eigenvalue weighted by Crippen LogP contribution is 2.37. The van der Waals surface area contributed by atoms with Crippen LogP contribution in [0.2, 0.25) is 0 Å². The Morgan fingerprint density at radius 3 is 2.22 bits per heavy atom. The van der Waals surface area contributed by atoms with Crippen molar-refractivity contribution in [2.24, 2.45) is 11.8 Å². The molecule has 0 aromatic heterocycles. The molecule has 0 spiro atoms. The third kappa shape index (κ3) is 3.85. The second-order valence-corrected chi connectivity index (χ2v) is 5.55. The van der Waals surface area contributed by atoms with Crippen molar-refractivity contribution in [3.8, 4) is 0 Å². The molecule has 0 aromatic carbocycles. The standard InChI is InChI=1S/C14H19N3O6/c1-15-14(22)16-10(18)7-23-11(19)6-17-12(20)8-4-2-3-5-9(8)13(17)21/h8-9H,2-7H2,1H3,(H2,15,16,18,22)/t8-,9-/m1/s1. The number of carbonyl (C=O) groups is 5. The summed E-state index contributed by atoms with van der Waals surface area (Å²) in [4.78, 5) is 59.2. The molecule has 9 heteroatoms. The van der Waals surface area contributed by atoms with Crippen molar-refractivity contribution >= 4 is 29.7 Å². The van der Waals surface area contributed by atoms with Crippen molar-refractivity contribution in [2.45, 2.75) is 25.7 Å². The number of hydrogen-bond donors (Lipinski definition) is 2. The SMILES string of the molecule is CNC(=O)NC(=O)COC(=O)CN1C(=O)[C@@H]2CCCC[C@H]2C1=O. The van der Waals surface area contributed by atoms with Crippen LogP contribution in [-0.2, 0) is 23.9 Å². The molecule has 1 aliphatic heterocycles. The Bertz CT molecular complexity index is 523. The summed E-state index contributed by atoms with van der Waals surface area (Å²) >= 11 is 0. The number of carbonyl (C=O) groups excluding carboxylic acids is 5. The van der Waals surface area contributed by atoms with E-state index in [-0.39, 0.29) is 23.7 Å². The van der Waals surface area contributed by atoms with E-state index in [0.717, 1.165) is 17.7 Å². The molecule has 2 atom stereocenters. The quantitative estimate of drug-likeness (QED) is 0.513. The summed E-state index contributed by atoms with van der Waals surface area (Å²) in [5.74, 6) is -3.01. The second-order valence-electron chi connectivity index (χ2n) is 5.55. The lowest BCUT2D eigenvalue weighted by atomic mass is 9.81. The van der Waals surface area contributed by atoms with E-state index in [9.17, 15) is 24.0 Å². The topological polar surface area (TPSA) is 122 Å². The van der Waals surface area contributed by atoms with Crippen molar-refractivity contribution in [1.29, 1.82) is 0 Å². The summed E-state index contributed by atoms with van der Waals surface area (Å²) in [6, 6.07) is -0.722. The van der Waals surface area contributed by atoms with Crippen molar-refractivity contribution in [1.82, 2.24) is 15.5 Å². The number of imide groups is 2. The molecule has 1 aliphatic carbocycles. The minimum atomic E-state index is -0.864. The van der Waals surface area contributed by atoms with Crippen LogP contribution in [0.4, 0.5) is 4.79 Å². The lowest BCUT2D eigenvalue weighted by molar-refractivity contribution is -0.154. The largest absolute Gasteiger partial charge is 0.454 e. The number of nitrogens with zero attached hydrogens (tertiary/aromatic N) is 1. The summed E-state index contributed by atoms with van der Waals surface area (Å²) in [5, 5.41) is 4.10. The van der Waals surface area contributed by atoms with Crippen LogP contribution in [0, 0.1) is 11.8 Å². The molecule has 2 rings (SSSR count). The van der Waals surface area contributed by atoms with Crippen LogP contribution in [0.25, 0.3) is 0 Å². The van der Waals surface area contributed by atoms with Crippen LogP contribution < -0.4 is 10.6 Å². The maximum absolute atomic E-state index is 12.2. The number of amides is 5. The van der Waals surface area contributed by atoms with Gasteiger partial charge in [0.05, 0.1) is 11.8 Å². The second kappa shape index (κ2) is 7.21. The Labute approximate surface area is 132 Å². The summed E-state index contributed by atoms with van der Waals surface area (Å²) in [5.41, 5.74) is 0. The number of hydrogen-bond acceptors (Lipinski definition) is 6. The number of esters is 1. The minimum Gasteiger partial charge on any atom is -0.454 e. The summed E-state index contributed by atoms with van der Waals surface area (Å²) in [6.07, 6.45) is 3.13. The Morgan fingerprint density at radius 1 is 1.13 bits per heavy atom. The van der Waals surface area contributed by atoms with Gasteiger partial charge in [-0.2, -0.15) is 0 Å². The van der Waals surface area contributed by atoms with Gasteiger partial charge in [-0.25, -0.2) is 4.79 Å². The van der Waals surface area contributed by atoms with Crippen molar-refractivity contribution < 1.29 is 28.7 Å². The van der Waals surface area contributed by atoms with E-state index in [2.05, 4.69) is 10.1 Å². The molecule has 0 bridgehead atoms. The summed E-state index contributed by atoms with van der Waals surface area (Å²) in [6.45, 7) is -1.16. The molecule has 23 heavy (non-hydrogen) atoms. The Morgan fingerprint density at radius 2 is 1.70 bits per heavy atom. The van der Waals surface area contributed by atoms with Gasteiger partial charge in [0.2, 0.25) is 11.8 Å². The number of urea groups is 1. The molecule has 0 radical (unpaired) electrons. The van der Waals surface area contributed by atoms with Crippen LogP contribution in [0.1, 0.15) is 25.7 Å². The van der Waals surface area contributed by atoms with Crippen LogP contribution in [-0.4, -0.2) is 54.8 Å². The predicted octanol–water partition coefficient (Wildman–Crippen LogP) is -0.840. The van der Waals surface area contributed by atoms with Gasteiger partial charge in [-0.05, 0) is 12.8 Å². The molecular weight excluding hydrogens is 306 g/mol. The highest BCUT2D eigenvalue weighted by atomic mass is 16.5. The smallest absolute Gasteiger partial charge is 0.326 e. The monoisotopic (exact) mass is 325 g/mol. The molecule has 1 saturated carbocycles. The van der Waals surface area contributed by atoms with Gasteiger partial charge < -0.3 is 10.1 Å². The van der Waals surface area contributed by atoms with Crippen molar-refractivity contribution in [3.63, 3.8) is 0 Å². The van der Waals surface area contributed by atoms with Gasteiger partial charge >= 0.3 is 12.0 Å². The van der Waals surface area contributed by atoms with E-state index >= 15 is 0 Å². The van der Waals surface area contributed by atoms with Gasteiger partial charge in [-0.3, -0.25) is 29.4 Å². The fourth-order valence-electron chi connectivity index (χ4n) is 2.93. The molecule has 126 valence electrons. The molecule has 0 aromatic rings. The normalized spacial score (nSPS) is 23.3. The fraction of sp³-hybridized carbons (Fsp3) is 0.643. The zero-order chi connectivity index (χ0) is 17.0. The number of rotatable bonds is 4. The summed E-state index contributed by atoms with van der Waals surface area (Å²) < 4.78 is 4.68. The van der Waals surface area contributed by atoms with E-state index in [4.69, 9.17) is 0 Å². The van der Waals surface area contributed by atoms with Gasteiger partial charge in [-0.1, -0.05) is 12.8 Å². The third-order valence-corrected chi connectivity index (χ3v) is 4.06. The van der Waals surface area contributed by atoms with E-state index in [1.807, 2.05) is 5.32 Å². The average Bonchev–Trinajstić information content (AvgIpc) is 2.78. The van der Waals surface area contributed by atoms with Crippen LogP contribution in [0.3, 0.4) is 0 Å². The first-order chi connectivity index (χ1) is 10.9. The van der Waals surface area contributed by atoms with E-state index in [1.165, 1.54) is 7.05 Å². The molecule has 2 fully saturated rings. The molecule has 1 heterocycles. The number of ether oxygens (including phenoxy) is 1. The zero-order valence-electron chi connectivity index (χ0n) is 12.8. The molecule has 0 unspecified atom stereocenters.